The van der Waals surface area contributed by atoms with Gasteiger partial charge >= 0.3 is 0 Å². The highest BCUT2D eigenvalue weighted by Gasteiger charge is 2.64. The van der Waals surface area contributed by atoms with Gasteiger partial charge in [0.1, 0.15) is 11.8 Å². The molecule has 3 aliphatic heterocycles. The molecule has 0 saturated carbocycles. The van der Waals surface area contributed by atoms with Crippen molar-refractivity contribution < 1.29 is 19.1 Å². The molecular formula is C23H19N3O4. The van der Waals surface area contributed by atoms with Crippen molar-refractivity contribution in [2.75, 3.05) is 12.0 Å². The molecule has 0 aromatic heterocycles. The largest absolute Gasteiger partial charge is 0.497 e. The first kappa shape index (κ1) is 18.3. The normalized spacial score (nSPS) is 26.7. The number of rotatable bonds is 4. The molecule has 2 amide bonds. The molecule has 0 radical (unpaired) electrons. The number of hydrogen-bond donors (Lipinski definition) is 0. The Bertz CT molecular complexity index is 1080. The highest BCUT2D eigenvalue weighted by atomic mass is 16.5. The smallest absolute Gasteiger partial charge is 0.240 e. The molecule has 5 rings (SSSR count). The molecule has 0 N–H and O–H groups in total. The second-order valence-corrected chi connectivity index (χ2v) is 7.46. The van der Waals surface area contributed by atoms with E-state index in [2.05, 4.69) is 5.10 Å². The van der Waals surface area contributed by atoms with E-state index in [1.165, 1.54) is 4.90 Å². The van der Waals surface area contributed by atoms with Crippen LogP contribution < -0.4 is 9.64 Å². The predicted octanol–water partition coefficient (Wildman–Crippen LogP) is 2.29. The van der Waals surface area contributed by atoms with Gasteiger partial charge in [-0.15, -0.1) is 0 Å². The van der Waals surface area contributed by atoms with Crippen LogP contribution in [0.5, 0.6) is 5.75 Å². The van der Waals surface area contributed by atoms with Crippen molar-refractivity contribution in [3.8, 4) is 5.75 Å². The maximum absolute atomic E-state index is 13.5. The lowest BCUT2D eigenvalue weighted by Crippen LogP contribution is -2.46. The third-order valence-corrected chi connectivity index (χ3v) is 5.95. The molecule has 3 heterocycles. The number of hydrogen-bond acceptors (Lipinski definition) is 6. The van der Waals surface area contributed by atoms with E-state index >= 15 is 0 Å². The van der Waals surface area contributed by atoms with E-state index in [1.807, 2.05) is 12.1 Å². The summed E-state index contributed by atoms with van der Waals surface area (Å²) in [6, 6.07) is 14.3. The number of carbonyl (C=O) groups excluding carboxylic acids is 3. The number of hydrazone groups is 1. The van der Waals surface area contributed by atoms with Crippen LogP contribution in [0, 0.1) is 11.8 Å². The molecule has 2 aromatic carbocycles. The van der Waals surface area contributed by atoms with Gasteiger partial charge in [-0.3, -0.25) is 19.4 Å². The molecule has 30 heavy (non-hydrogen) atoms. The summed E-state index contributed by atoms with van der Waals surface area (Å²) in [6.45, 7) is 0. The zero-order chi connectivity index (χ0) is 20.8. The van der Waals surface area contributed by atoms with Gasteiger partial charge < -0.3 is 4.74 Å². The van der Waals surface area contributed by atoms with Crippen LogP contribution in [0.1, 0.15) is 10.4 Å². The van der Waals surface area contributed by atoms with Crippen molar-refractivity contribution in [2.24, 2.45) is 16.9 Å². The van der Waals surface area contributed by atoms with E-state index in [0.29, 0.717) is 17.0 Å². The minimum absolute atomic E-state index is 0.210. The average molecular weight is 401 g/mol. The predicted molar refractivity (Wildman–Crippen MR) is 110 cm³/mol. The van der Waals surface area contributed by atoms with Gasteiger partial charge in [-0.05, 0) is 30.3 Å². The van der Waals surface area contributed by atoms with Crippen LogP contribution in [-0.4, -0.2) is 48.0 Å². The number of benzene rings is 2. The highest BCUT2D eigenvalue weighted by Crippen LogP contribution is 2.46. The Morgan fingerprint density at radius 2 is 1.67 bits per heavy atom. The van der Waals surface area contributed by atoms with E-state index in [9.17, 15) is 14.4 Å². The zero-order valence-electron chi connectivity index (χ0n) is 16.2. The van der Waals surface area contributed by atoms with Crippen LogP contribution in [0.15, 0.2) is 71.9 Å². The summed E-state index contributed by atoms with van der Waals surface area (Å²) in [7, 11) is 1.55. The third kappa shape index (κ3) is 2.58. The van der Waals surface area contributed by atoms with Crippen molar-refractivity contribution in [1.29, 1.82) is 0 Å². The van der Waals surface area contributed by atoms with Crippen molar-refractivity contribution in [2.45, 2.75) is 12.1 Å². The van der Waals surface area contributed by atoms with Gasteiger partial charge in [0.2, 0.25) is 11.8 Å². The van der Waals surface area contributed by atoms with Crippen LogP contribution in [-0.2, 0) is 9.59 Å². The van der Waals surface area contributed by atoms with Crippen molar-refractivity contribution >= 4 is 29.5 Å². The second-order valence-electron chi connectivity index (χ2n) is 7.46. The quantitative estimate of drug-likeness (QED) is 0.580. The van der Waals surface area contributed by atoms with Gasteiger partial charge in [-0.1, -0.05) is 36.4 Å². The van der Waals surface area contributed by atoms with Gasteiger partial charge in [0.05, 0.1) is 30.7 Å². The van der Waals surface area contributed by atoms with Gasteiger partial charge in [0.15, 0.2) is 5.78 Å². The Balaban J connectivity index is 1.56. The van der Waals surface area contributed by atoms with Crippen molar-refractivity contribution in [3.05, 3.63) is 72.3 Å². The lowest BCUT2D eigenvalue weighted by atomic mass is 9.86. The molecule has 2 saturated heterocycles. The van der Waals surface area contributed by atoms with E-state index in [4.69, 9.17) is 4.74 Å². The Morgan fingerprint density at radius 3 is 2.37 bits per heavy atom. The van der Waals surface area contributed by atoms with Crippen LogP contribution in [0.3, 0.4) is 0 Å². The molecule has 2 fully saturated rings. The molecule has 0 aliphatic carbocycles. The Labute approximate surface area is 173 Å². The highest BCUT2D eigenvalue weighted by molar-refractivity contribution is 6.24. The monoisotopic (exact) mass is 401 g/mol. The van der Waals surface area contributed by atoms with Crippen LogP contribution >= 0.6 is 0 Å². The molecule has 7 nitrogen and oxygen atoms in total. The van der Waals surface area contributed by atoms with E-state index in [1.54, 1.807) is 72.9 Å². The maximum Gasteiger partial charge on any atom is 0.240 e. The summed E-state index contributed by atoms with van der Waals surface area (Å²) in [5.41, 5.74) is 0.968. The Hall–Kier alpha value is -3.74. The van der Waals surface area contributed by atoms with Gasteiger partial charge in [0.25, 0.3) is 0 Å². The van der Waals surface area contributed by atoms with Crippen molar-refractivity contribution in [3.63, 3.8) is 0 Å². The second kappa shape index (κ2) is 6.95. The number of imide groups is 1. The molecule has 7 heteroatoms. The SMILES string of the molecule is COc1ccc(N2C(=O)[C@@H]3[C@H](C2=O)[C@@H]2C=CC=NN2[C@@H]3C(=O)c2ccccc2)cc1. The number of Topliss-reactive ketones (excluding diaryl/α,β-unsaturated/α-hetero) is 1. The number of allylic oxidation sites excluding steroid dienone is 1. The summed E-state index contributed by atoms with van der Waals surface area (Å²) in [4.78, 5) is 41.4. The molecule has 150 valence electrons. The summed E-state index contributed by atoms with van der Waals surface area (Å²) < 4.78 is 5.16. The fourth-order valence-electron chi connectivity index (χ4n) is 4.60. The van der Waals surface area contributed by atoms with Gasteiger partial charge in [0, 0.05) is 11.8 Å². The first-order valence-electron chi connectivity index (χ1n) is 9.72. The molecule has 0 bridgehead atoms. The number of amides is 2. The number of nitrogens with zero attached hydrogens (tertiary/aromatic N) is 3. The number of anilines is 1. The lowest BCUT2D eigenvalue weighted by molar-refractivity contribution is -0.123. The molecule has 2 aromatic rings. The number of ketones is 1. The van der Waals surface area contributed by atoms with Crippen LogP contribution in [0.25, 0.3) is 0 Å². The summed E-state index contributed by atoms with van der Waals surface area (Å²) in [5, 5.41) is 5.97. The Kier molecular flexibility index (Phi) is 4.24. The van der Waals surface area contributed by atoms with Gasteiger partial charge in [-0.2, -0.15) is 5.10 Å². The summed E-state index contributed by atoms with van der Waals surface area (Å²) in [6.07, 6.45) is 5.17. The lowest BCUT2D eigenvalue weighted by Gasteiger charge is -2.30. The van der Waals surface area contributed by atoms with E-state index < -0.39 is 23.9 Å². The fraction of sp³-hybridized carbons (Fsp3) is 0.217. The molecule has 4 atom stereocenters. The fourth-order valence-corrected chi connectivity index (χ4v) is 4.60. The molecule has 0 unspecified atom stereocenters. The topological polar surface area (TPSA) is 79.3 Å². The van der Waals surface area contributed by atoms with Gasteiger partial charge in [-0.25, -0.2) is 4.90 Å². The number of methoxy groups -OCH3 is 1. The van der Waals surface area contributed by atoms with Crippen molar-refractivity contribution in [1.82, 2.24) is 5.01 Å². The van der Waals surface area contributed by atoms with E-state index in [0.717, 1.165) is 0 Å². The summed E-state index contributed by atoms with van der Waals surface area (Å²) >= 11 is 0. The first-order chi connectivity index (χ1) is 14.6. The molecule has 0 spiro atoms. The maximum atomic E-state index is 13.5. The standard InChI is InChI=1S/C23H19N3O4/c1-30-16-11-9-15(10-12-16)25-22(28)18-17-8-5-13-24-26(17)20(19(18)23(25)29)21(27)14-6-3-2-4-7-14/h2-13,17-20H,1H3/t17-,18+,19+,20-/m0/s1. The minimum Gasteiger partial charge on any atom is -0.497 e. The number of fused-ring (bicyclic) bond motifs is 3. The molecular weight excluding hydrogens is 382 g/mol. The van der Waals surface area contributed by atoms with Crippen LogP contribution in [0.4, 0.5) is 5.69 Å². The van der Waals surface area contributed by atoms with Crippen LogP contribution in [0.2, 0.25) is 0 Å². The van der Waals surface area contributed by atoms with E-state index in [-0.39, 0.29) is 17.6 Å². The number of carbonyl (C=O) groups is 3. The average Bonchev–Trinajstić information content (AvgIpc) is 3.27. The summed E-state index contributed by atoms with van der Waals surface area (Å²) in [5.74, 6) is -1.72. The zero-order valence-corrected chi connectivity index (χ0v) is 16.2. The minimum atomic E-state index is -0.830. The first-order valence-corrected chi connectivity index (χ1v) is 9.72. The Morgan fingerprint density at radius 1 is 0.967 bits per heavy atom. The molecule has 3 aliphatic rings. The third-order valence-electron chi connectivity index (χ3n) is 5.95. The number of ether oxygens (including phenoxy) is 1.